The fourth-order valence-corrected chi connectivity index (χ4v) is 3.29. The zero-order chi connectivity index (χ0) is 12.5. The number of ketones is 1. The number of fused-ring (bicyclic) bond motifs is 1. The van der Waals surface area contributed by atoms with Crippen molar-refractivity contribution in [1.29, 1.82) is 0 Å². The first-order valence-corrected chi connectivity index (χ1v) is 7.02. The van der Waals surface area contributed by atoms with Gasteiger partial charge < -0.3 is 0 Å². The second kappa shape index (κ2) is 4.53. The van der Waals surface area contributed by atoms with Gasteiger partial charge in [0.05, 0.1) is 0 Å². The maximum absolute atomic E-state index is 12.1. The van der Waals surface area contributed by atoms with Crippen LogP contribution in [-0.2, 0) is 0 Å². The van der Waals surface area contributed by atoms with Gasteiger partial charge in [-0.25, -0.2) is 4.98 Å². The number of nitrogen functional groups attached to an aromatic ring is 1. The number of hydrogen-bond acceptors (Lipinski definition) is 3. The average Bonchev–Trinajstić information content (AvgIpc) is 2.73. The number of rotatable bonds is 1. The van der Waals surface area contributed by atoms with Crippen LogP contribution in [0.2, 0.25) is 0 Å². The van der Waals surface area contributed by atoms with Crippen molar-refractivity contribution in [1.82, 2.24) is 0 Å². The van der Waals surface area contributed by atoms with Crippen molar-refractivity contribution in [3.05, 3.63) is 46.5 Å². The molecule has 0 fully saturated rings. The van der Waals surface area contributed by atoms with E-state index in [1.807, 2.05) is 18.2 Å². The van der Waals surface area contributed by atoms with Crippen LogP contribution in [0.25, 0.3) is 0 Å². The highest BCUT2D eigenvalue weighted by Crippen LogP contribution is 2.34. The van der Waals surface area contributed by atoms with Gasteiger partial charge in [0.15, 0.2) is 5.78 Å². The third-order valence-corrected chi connectivity index (χ3v) is 4.22. The van der Waals surface area contributed by atoms with Gasteiger partial charge in [-0.1, -0.05) is 35.6 Å². The fraction of sp³-hybridized carbons (Fsp3) is 0.286. The van der Waals surface area contributed by atoms with Crippen LogP contribution < -0.4 is 10.7 Å². The molecule has 0 saturated heterocycles. The predicted molar refractivity (Wildman–Crippen MR) is 71.8 cm³/mol. The molecule has 3 rings (SSSR count). The maximum Gasteiger partial charge on any atom is 0.329 e. The van der Waals surface area contributed by atoms with Crippen LogP contribution in [0.3, 0.4) is 0 Å². The van der Waals surface area contributed by atoms with Crippen LogP contribution in [0.15, 0.2) is 29.6 Å². The Morgan fingerprint density at radius 3 is 2.94 bits per heavy atom. The Balaban J connectivity index is 2.10. The number of Topliss-reactive ketones (excluding diaryl/α,β-unsaturated/α-hetero) is 1. The Labute approximate surface area is 110 Å². The molecular weight excluding hydrogens is 244 g/mol. The monoisotopic (exact) mass is 259 g/mol. The van der Waals surface area contributed by atoms with E-state index in [0.29, 0.717) is 6.42 Å². The van der Waals surface area contributed by atoms with Gasteiger partial charge in [0.25, 0.3) is 0 Å². The number of nitrogens with one attached hydrogen (secondary N) is 1. The number of nitrogens with two attached hydrogens (primary N) is 1. The number of thiazole rings is 1. The van der Waals surface area contributed by atoms with Crippen LogP contribution in [0.4, 0.5) is 5.13 Å². The zero-order valence-corrected chi connectivity index (χ0v) is 10.8. The van der Waals surface area contributed by atoms with E-state index in [9.17, 15) is 4.79 Å². The Kier molecular flexibility index (Phi) is 2.88. The number of anilines is 1. The molecule has 0 bridgehead atoms. The Hall–Kier alpha value is -1.68. The van der Waals surface area contributed by atoms with E-state index in [4.69, 9.17) is 5.73 Å². The van der Waals surface area contributed by atoms with Crippen molar-refractivity contribution in [2.24, 2.45) is 0 Å². The van der Waals surface area contributed by atoms with Gasteiger partial charge in [-0.2, -0.15) is 0 Å². The fourth-order valence-electron chi connectivity index (χ4n) is 2.63. The number of carbonyl (C=O) groups is 1. The molecule has 1 aromatic carbocycles. The van der Waals surface area contributed by atoms with Crippen LogP contribution in [0, 0.1) is 0 Å². The second-order valence-corrected chi connectivity index (χ2v) is 5.55. The van der Waals surface area contributed by atoms with E-state index < -0.39 is 0 Å². The van der Waals surface area contributed by atoms with Crippen molar-refractivity contribution in [3.63, 3.8) is 0 Å². The molecule has 1 heterocycles. The molecule has 3 N–H and O–H groups in total. The first-order chi connectivity index (χ1) is 8.75. The van der Waals surface area contributed by atoms with Gasteiger partial charge >= 0.3 is 5.13 Å². The largest absolute Gasteiger partial charge is 0.329 e. The number of hydrogen-bond donors (Lipinski definition) is 1. The molecule has 1 aliphatic rings. The highest BCUT2D eigenvalue weighted by molar-refractivity contribution is 7.13. The number of H-pyrrole nitrogens is 1. The molecule has 1 aromatic heterocycles. The molecule has 92 valence electrons. The Morgan fingerprint density at radius 2 is 2.17 bits per heavy atom. The number of aromatic nitrogens is 1. The van der Waals surface area contributed by atoms with Gasteiger partial charge in [0.1, 0.15) is 5.69 Å². The van der Waals surface area contributed by atoms with E-state index in [0.717, 1.165) is 34.8 Å². The molecule has 0 saturated carbocycles. The van der Waals surface area contributed by atoms with Crippen LogP contribution in [-0.4, -0.2) is 5.78 Å². The van der Waals surface area contributed by atoms with Crippen molar-refractivity contribution in [2.45, 2.75) is 25.2 Å². The quantitative estimate of drug-likeness (QED) is 0.800. The lowest BCUT2D eigenvalue weighted by molar-refractivity contribution is -0.368. The van der Waals surface area contributed by atoms with E-state index in [1.54, 1.807) is 0 Å². The molecule has 0 spiro atoms. The van der Waals surface area contributed by atoms with Gasteiger partial charge in [0, 0.05) is 23.3 Å². The molecular formula is C14H15N2OS+. The van der Waals surface area contributed by atoms with Crippen LogP contribution in [0.5, 0.6) is 0 Å². The topological polar surface area (TPSA) is 57.2 Å². The first kappa shape index (κ1) is 11.4. The average molecular weight is 259 g/mol. The summed E-state index contributed by atoms with van der Waals surface area (Å²) in [5, 5.41) is 2.78. The molecule has 1 unspecified atom stereocenters. The number of carbonyl (C=O) groups excluding carboxylic acids is 1. The molecule has 0 amide bonds. The smallest absolute Gasteiger partial charge is 0.294 e. The van der Waals surface area contributed by atoms with Crippen LogP contribution in [0.1, 0.15) is 46.8 Å². The van der Waals surface area contributed by atoms with Crippen LogP contribution >= 0.6 is 11.3 Å². The molecule has 2 aromatic rings. The van der Waals surface area contributed by atoms with Crippen molar-refractivity contribution in [2.75, 3.05) is 5.73 Å². The normalized spacial score (nSPS) is 19.3. The lowest BCUT2D eigenvalue weighted by atomic mass is 9.90. The number of aromatic amines is 1. The van der Waals surface area contributed by atoms with Crippen molar-refractivity contribution < 1.29 is 9.78 Å². The second-order valence-electron chi connectivity index (χ2n) is 4.64. The van der Waals surface area contributed by atoms with Gasteiger partial charge in [-0.15, -0.1) is 0 Å². The van der Waals surface area contributed by atoms with E-state index in [-0.39, 0.29) is 11.7 Å². The van der Waals surface area contributed by atoms with Crippen molar-refractivity contribution >= 4 is 22.3 Å². The summed E-state index contributed by atoms with van der Waals surface area (Å²) < 4.78 is 0. The molecule has 18 heavy (non-hydrogen) atoms. The predicted octanol–water partition coefficient (Wildman–Crippen LogP) is 2.64. The lowest BCUT2D eigenvalue weighted by Crippen LogP contribution is -2.15. The maximum atomic E-state index is 12.1. The summed E-state index contributed by atoms with van der Waals surface area (Å²) in [4.78, 5) is 15.3. The third kappa shape index (κ3) is 1.93. The molecule has 3 nitrogen and oxygen atoms in total. The summed E-state index contributed by atoms with van der Waals surface area (Å²) in [6, 6.07) is 7.93. The third-order valence-electron chi connectivity index (χ3n) is 3.49. The Morgan fingerprint density at radius 1 is 1.33 bits per heavy atom. The zero-order valence-electron chi connectivity index (χ0n) is 9.98. The number of benzene rings is 1. The highest BCUT2D eigenvalue weighted by atomic mass is 32.1. The van der Waals surface area contributed by atoms with E-state index in [1.165, 1.54) is 11.3 Å². The minimum atomic E-state index is 0.260. The minimum absolute atomic E-state index is 0.260. The summed E-state index contributed by atoms with van der Waals surface area (Å²) >= 11 is 1.52. The Bertz CT molecular complexity index is 591. The minimum Gasteiger partial charge on any atom is -0.294 e. The van der Waals surface area contributed by atoms with Gasteiger partial charge in [-0.05, 0) is 18.4 Å². The summed E-state index contributed by atoms with van der Waals surface area (Å²) in [6.07, 6.45) is 2.57. The lowest BCUT2D eigenvalue weighted by Gasteiger charge is -2.13. The van der Waals surface area contributed by atoms with E-state index in [2.05, 4.69) is 16.4 Å². The van der Waals surface area contributed by atoms with Gasteiger partial charge in [-0.3, -0.25) is 10.5 Å². The standard InChI is InChI=1S/C14H14N2OS/c15-14-16-12(8-18-14)10-6-3-7-13(17)11-5-2-1-4-9(10)11/h1-2,4-5,8,10H,3,6-7H2,(H2,15,16)/p+1. The molecule has 4 heteroatoms. The van der Waals surface area contributed by atoms with Crippen molar-refractivity contribution in [3.8, 4) is 0 Å². The van der Waals surface area contributed by atoms with E-state index >= 15 is 0 Å². The highest BCUT2D eigenvalue weighted by Gasteiger charge is 2.27. The molecule has 0 radical (unpaired) electrons. The van der Waals surface area contributed by atoms with Gasteiger partial charge in [0.2, 0.25) is 0 Å². The first-order valence-electron chi connectivity index (χ1n) is 6.14. The molecule has 1 aliphatic carbocycles. The summed E-state index contributed by atoms with van der Waals surface area (Å²) in [7, 11) is 0. The summed E-state index contributed by atoms with van der Waals surface area (Å²) in [5.41, 5.74) is 8.90. The SMILES string of the molecule is Nc1[nH+]c(C2CCCC(=O)c3ccccc32)cs1. The summed E-state index contributed by atoms with van der Waals surface area (Å²) in [5.74, 6) is 0.525. The molecule has 0 aliphatic heterocycles. The molecule has 1 atom stereocenters. The summed E-state index contributed by atoms with van der Waals surface area (Å²) in [6.45, 7) is 0.